The van der Waals surface area contributed by atoms with E-state index in [1.54, 1.807) is 0 Å². The van der Waals surface area contributed by atoms with E-state index in [1.165, 1.54) is 62.9 Å². The zero-order chi connectivity index (χ0) is 15.8. The molecular formula is C20H33NO. The maximum atomic E-state index is 6.07. The van der Waals surface area contributed by atoms with Crippen molar-refractivity contribution in [2.45, 2.75) is 65.2 Å². The molecule has 124 valence electrons. The molecule has 0 aliphatic carbocycles. The Labute approximate surface area is 136 Å². The van der Waals surface area contributed by atoms with Crippen LogP contribution in [-0.4, -0.2) is 31.1 Å². The lowest BCUT2D eigenvalue weighted by Gasteiger charge is -2.19. The van der Waals surface area contributed by atoms with Gasteiger partial charge in [0.25, 0.3) is 0 Å². The maximum Gasteiger partial charge on any atom is 0.122 e. The fourth-order valence-corrected chi connectivity index (χ4v) is 3.22. The molecule has 0 saturated carbocycles. The zero-order valence-corrected chi connectivity index (χ0v) is 14.7. The summed E-state index contributed by atoms with van der Waals surface area (Å²) < 4.78 is 6.07. The SMILES string of the molecule is Cc1ccc(C(C)C)c(OCCCCN2CCCCCC2)c1. The molecule has 0 amide bonds. The average Bonchev–Trinajstić information content (AvgIpc) is 2.75. The van der Waals surface area contributed by atoms with Gasteiger partial charge in [0.15, 0.2) is 0 Å². The number of ether oxygens (including phenoxy) is 1. The zero-order valence-electron chi connectivity index (χ0n) is 14.7. The average molecular weight is 303 g/mol. The molecular weight excluding hydrogens is 270 g/mol. The first kappa shape index (κ1) is 17.3. The van der Waals surface area contributed by atoms with Gasteiger partial charge in [0.2, 0.25) is 0 Å². The van der Waals surface area contributed by atoms with Gasteiger partial charge in [-0.25, -0.2) is 0 Å². The Hall–Kier alpha value is -1.02. The summed E-state index contributed by atoms with van der Waals surface area (Å²) in [6.07, 6.45) is 8.02. The minimum atomic E-state index is 0.521. The van der Waals surface area contributed by atoms with Crippen molar-refractivity contribution in [3.63, 3.8) is 0 Å². The van der Waals surface area contributed by atoms with Crippen LogP contribution in [-0.2, 0) is 0 Å². The van der Waals surface area contributed by atoms with Crippen LogP contribution in [0.1, 0.15) is 69.4 Å². The molecule has 1 heterocycles. The Morgan fingerprint density at radius 1 is 1.05 bits per heavy atom. The molecule has 0 aromatic heterocycles. The molecule has 0 N–H and O–H groups in total. The Morgan fingerprint density at radius 2 is 1.77 bits per heavy atom. The first-order valence-electron chi connectivity index (χ1n) is 9.12. The first-order chi connectivity index (χ1) is 10.7. The highest BCUT2D eigenvalue weighted by molar-refractivity contribution is 5.39. The van der Waals surface area contributed by atoms with Crippen LogP contribution < -0.4 is 4.74 Å². The van der Waals surface area contributed by atoms with Crippen molar-refractivity contribution < 1.29 is 4.74 Å². The Balaban J connectivity index is 1.71. The van der Waals surface area contributed by atoms with Crippen LogP contribution in [0.2, 0.25) is 0 Å². The van der Waals surface area contributed by atoms with E-state index in [-0.39, 0.29) is 0 Å². The second-order valence-electron chi connectivity index (χ2n) is 7.01. The van der Waals surface area contributed by atoms with Crippen molar-refractivity contribution in [1.29, 1.82) is 0 Å². The van der Waals surface area contributed by atoms with E-state index in [2.05, 4.69) is 43.9 Å². The molecule has 1 aliphatic rings. The summed E-state index contributed by atoms with van der Waals surface area (Å²) in [7, 11) is 0. The number of aryl methyl sites for hydroxylation is 1. The maximum absolute atomic E-state index is 6.07. The van der Waals surface area contributed by atoms with Gasteiger partial charge >= 0.3 is 0 Å². The second kappa shape index (κ2) is 9.19. The second-order valence-corrected chi connectivity index (χ2v) is 7.01. The topological polar surface area (TPSA) is 12.5 Å². The van der Waals surface area contributed by atoms with Crippen LogP contribution in [0.15, 0.2) is 18.2 Å². The number of nitrogens with zero attached hydrogens (tertiary/aromatic N) is 1. The lowest BCUT2D eigenvalue weighted by Crippen LogP contribution is -2.25. The van der Waals surface area contributed by atoms with E-state index in [1.807, 2.05) is 0 Å². The number of hydrogen-bond donors (Lipinski definition) is 0. The van der Waals surface area contributed by atoms with Gasteiger partial charge in [0.1, 0.15) is 5.75 Å². The molecule has 1 saturated heterocycles. The van der Waals surface area contributed by atoms with Crippen molar-refractivity contribution in [2.24, 2.45) is 0 Å². The minimum Gasteiger partial charge on any atom is -0.493 e. The number of hydrogen-bond acceptors (Lipinski definition) is 2. The van der Waals surface area contributed by atoms with Gasteiger partial charge in [0, 0.05) is 0 Å². The van der Waals surface area contributed by atoms with Gasteiger partial charge in [0.05, 0.1) is 6.61 Å². The van der Waals surface area contributed by atoms with Crippen molar-refractivity contribution in [1.82, 2.24) is 4.90 Å². The highest BCUT2D eigenvalue weighted by Crippen LogP contribution is 2.27. The Bertz CT molecular complexity index is 433. The van der Waals surface area contributed by atoms with Crippen molar-refractivity contribution in [2.75, 3.05) is 26.2 Å². The van der Waals surface area contributed by atoms with Crippen LogP contribution in [0.25, 0.3) is 0 Å². The summed E-state index contributed by atoms with van der Waals surface area (Å²) in [5.74, 6) is 1.61. The number of rotatable bonds is 7. The lowest BCUT2D eigenvalue weighted by atomic mass is 10.0. The molecule has 0 bridgehead atoms. The minimum absolute atomic E-state index is 0.521. The highest BCUT2D eigenvalue weighted by Gasteiger charge is 2.09. The fraction of sp³-hybridized carbons (Fsp3) is 0.700. The largest absolute Gasteiger partial charge is 0.493 e. The monoisotopic (exact) mass is 303 g/mol. The van der Waals surface area contributed by atoms with Crippen molar-refractivity contribution in [3.05, 3.63) is 29.3 Å². The third kappa shape index (κ3) is 5.64. The van der Waals surface area contributed by atoms with Crippen LogP contribution in [0.5, 0.6) is 5.75 Å². The normalized spacial score (nSPS) is 16.7. The molecule has 2 rings (SSSR count). The number of likely N-dealkylation sites (tertiary alicyclic amines) is 1. The Kier molecular flexibility index (Phi) is 7.24. The predicted octanol–water partition coefficient (Wildman–Crippen LogP) is 5.15. The van der Waals surface area contributed by atoms with E-state index < -0.39 is 0 Å². The van der Waals surface area contributed by atoms with Gasteiger partial charge < -0.3 is 9.64 Å². The molecule has 0 radical (unpaired) electrons. The van der Waals surface area contributed by atoms with Crippen LogP contribution in [0.3, 0.4) is 0 Å². The molecule has 1 aromatic rings. The quantitative estimate of drug-likeness (QED) is 0.646. The van der Waals surface area contributed by atoms with E-state index in [9.17, 15) is 0 Å². The molecule has 22 heavy (non-hydrogen) atoms. The summed E-state index contributed by atoms with van der Waals surface area (Å²) >= 11 is 0. The van der Waals surface area contributed by atoms with Crippen LogP contribution >= 0.6 is 0 Å². The van der Waals surface area contributed by atoms with E-state index in [0.717, 1.165) is 18.8 Å². The summed E-state index contributed by atoms with van der Waals surface area (Å²) in [5.41, 5.74) is 2.61. The van der Waals surface area contributed by atoms with Gasteiger partial charge in [-0.15, -0.1) is 0 Å². The Morgan fingerprint density at radius 3 is 2.45 bits per heavy atom. The lowest BCUT2D eigenvalue weighted by molar-refractivity contribution is 0.255. The van der Waals surface area contributed by atoms with E-state index >= 15 is 0 Å². The number of benzene rings is 1. The molecule has 0 spiro atoms. The molecule has 1 fully saturated rings. The molecule has 1 aromatic carbocycles. The van der Waals surface area contributed by atoms with Crippen LogP contribution in [0, 0.1) is 6.92 Å². The third-order valence-corrected chi connectivity index (χ3v) is 4.62. The fourth-order valence-electron chi connectivity index (χ4n) is 3.22. The smallest absolute Gasteiger partial charge is 0.122 e. The van der Waals surface area contributed by atoms with Gasteiger partial charge in [-0.3, -0.25) is 0 Å². The molecule has 1 aliphatic heterocycles. The first-order valence-corrected chi connectivity index (χ1v) is 9.12. The van der Waals surface area contributed by atoms with E-state index in [4.69, 9.17) is 4.74 Å². The number of unbranched alkanes of at least 4 members (excludes halogenated alkanes) is 1. The van der Waals surface area contributed by atoms with Gasteiger partial charge in [-0.05, 0) is 75.4 Å². The summed E-state index contributed by atoms with van der Waals surface area (Å²) in [4.78, 5) is 2.64. The predicted molar refractivity (Wildman–Crippen MR) is 94.9 cm³/mol. The molecule has 0 atom stereocenters. The van der Waals surface area contributed by atoms with Gasteiger partial charge in [-0.1, -0.05) is 38.8 Å². The summed E-state index contributed by atoms with van der Waals surface area (Å²) in [6, 6.07) is 6.58. The van der Waals surface area contributed by atoms with Crippen LogP contribution in [0.4, 0.5) is 0 Å². The highest BCUT2D eigenvalue weighted by atomic mass is 16.5. The third-order valence-electron chi connectivity index (χ3n) is 4.62. The summed E-state index contributed by atoms with van der Waals surface area (Å²) in [6.45, 7) is 11.3. The summed E-state index contributed by atoms with van der Waals surface area (Å²) in [5, 5.41) is 0. The van der Waals surface area contributed by atoms with Crippen molar-refractivity contribution >= 4 is 0 Å². The van der Waals surface area contributed by atoms with Crippen molar-refractivity contribution in [3.8, 4) is 5.75 Å². The molecule has 2 heteroatoms. The molecule has 0 unspecified atom stereocenters. The van der Waals surface area contributed by atoms with Gasteiger partial charge in [-0.2, -0.15) is 0 Å². The standard InChI is InChI=1S/C20H33NO/c1-17(2)19-11-10-18(3)16-20(19)22-15-9-8-14-21-12-6-4-5-7-13-21/h10-11,16-17H,4-9,12-15H2,1-3H3. The molecule has 2 nitrogen and oxygen atoms in total. The van der Waals surface area contributed by atoms with E-state index in [0.29, 0.717) is 5.92 Å².